The molecule has 0 heterocycles. The van der Waals surface area contributed by atoms with Crippen LogP contribution in [0.5, 0.6) is 5.75 Å². The summed E-state index contributed by atoms with van der Waals surface area (Å²) in [5.74, 6) is 1.45. The molecule has 4 heteroatoms. The Bertz CT molecular complexity index is 511. The van der Waals surface area contributed by atoms with Gasteiger partial charge in [0.1, 0.15) is 11.3 Å². The number of nitrogens with one attached hydrogen (secondary N) is 1. The van der Waals surface area contributed by atoms with Crippen molar-refractivity contribution in [1.29, 1.82) is 0 Å². The molecule has 102 valence electrons. The monoisotopic (exact) mass is 260 g/mol. The fourth-order valence-corrected chi connectivity index (χ4v) is 2.84. The Kier molecular flexibility index (Phi) is 2.97. The van der Waals surface area contributed by atoms with Crippen LogP contribution in [0.15, 0.2) is 18.2 Å². The first-order valence-electron chi connectivity index (χ1n) is 6.88. The van der Waals surface area contributed by atoms with E-state index >= 15 is 0 Å². The first-order chi connectivity index (χ1) is 9.15. The highest BCUT2D eigenvalue weighted by molar-refractivity contribution is 5.89. The molecule has 19 heavy (non-hydrogen) atoms. The molecule has 0 spiro atoms. The summed E-state index contributed by atoms with van der Waals surface area (Å²) < 4.78 is 5.35. The second kappa shape index (κ2) is 4.53. The number of ether oxygens (including phenoxy) is 1. The van der Waals surface area contributed by atoms with Crippen LogP contribution in [-0.4, -0.2) is 19.6 Å². The minimum Gasteiger partial charge on any atom is -0.496 e. The Morgan fingerprint density at radius 2 is 2.32 bits per heavy atom. The van der Waals surface area contributed by atoms with Crippen LogP contribution in [0.25, 0.3) is 0 Å². The van der Waals surface area contributed by atoms with Gasteiger partial charge in [-0.05, 0) is 48.8 Å². The molecule has 1 unspecified atom stereocenters. The Balaban J connectivity index is 1.84. The van der Waals surface area contributed by atoms with Gasteiger partial charge in [0, 0.05) is 6.54 Å². The van der Waals surface area contributed by atoms with E-state index in [1.54, 1.807) is 7.11 Å². The molecule has 1 saturated carbocycles. The molecule has 1 aromatic carbocycles. The molecule has 3 N–H and O–H groups in total. The zero-order valence-electron chi connectivity index (χ0n) is 11.2. The molecule has 3 rings (SSSR count). The predicted molar refractivity (Wildman–Crippen MR) is 72.9 cm³/mol. The topological polar surface area (TPSA) is 64.3 Å². The van der Waals surface area contributed by atoms with Gasteiger partial charge in [-0.25, -0.2) is 0 Å². The summed E-state index contributed by atoms with van der Waals surface area (Å²) in [4.78, 5) is 12.4. The zero-order valence-corrected chi connectivity index (χ0v) is 11.2. The number of carbonyl (C=O) groups excluding carboxylic acids is 1. The van der Waals surface area contributed by atoms with E-state index in [2.05, 4.69) is 5.32 Å². The summed E-state index contributed by atoms with van der Waals surface area (Å²) in [7, 11) is 1.65. The fourth-order valence-electron chi connectivity index (χ4n) is 2.84. The van der Waals surface area contributed by atoms with Gasteiger partial charge in [-0.1, -0.05) is 12.1 Å². The van der Waals surface area contributed by atoms with Crippen LogP contribution < -0.4 is 15.8 Å². The SMILES string of the molecule is COc1cccc2c1CCC2(N)C(=O)NCC1CC1. The number of amides is 1. The van der Waals surface area contributed by atoms with E-state index < -0.39 is 5.54 Å². The molecule has 2 aliphatic carbocycles. The van der Waals surface area contributed by atoms with E-state index in [4.69, 9.17) is 10.5 Å². The largest absolute Gasteiger partial charge is 0.496 e. The number of fused-ring (bicyclic) bond motifs is 1. The molecule has 2 aliphatic rings. The van der Waals surface area contributed by atoms with Crippen molar-refractivity contribution in [2.75, 3.05) is 13.7 Å². The van der Waals surface area contributed by atoms with E-state index in [9.17, 15) is 4.79 Å². The molecular formula is C15H20N2O2. The van der Waals surface area contributed by atoms with Gasteiger partial charge in [-0.3, -0.25) is 4.79 Å². The average Bonchev–Trinajstić information content (AvgIpc) is 3.20. The normalized spacial score (nSPS) is 24.9. The van der Waals surface area contributed by atoms with E-state index in [0.29, 0.717) is 12.3 Å². The molecule has 1 fully saturated rings. The third-order valence-electron chi connectivity index (χ3n) is 4.26. The second-order valence-corrected chi connectivity index (χ2v) is 5.61. The summed E-state index contributed by atoms with van der Waals surface area (Å²) in [6.45, 7) is 0.761. The quantitative estimate of drug-likeness (QED) is 0.858. The van der Waals surface area contributed by atoms with Gasteiger partial charge in [0.2, 0.25) is 5.91 Å². The lowest BCUT2D eigenvalue weighted by molar-refractivity contribution is -0.126. The van der Waals surface area contributed by atoms with Crippen molar-refractivity contribution >= 4 is 5.91 Å². The first kappa shape index (κ1) is 12.5. The zero-order chi connectivity index (χ0) is 13.5. The maximum atomic E-state index is 12.4. The summed E-state index contributed by atoms with van der Waals surface area (Å²) >= 11 is 0. The lowest BCUT2D eigenvalue weighted by Gasteiger charge is -2.24. The molecule has 0 saturated heterocycles. The maximum absolute atomic E-state index is 12.4. The van der Waals surface area contributed by atoms with Gasteiger partial charge in [-0.15, -0.1) is 0 Å². The van der Waals surface area contributed by atoms with Gasteiger partial charge in [0.05, 0.1) is 7.11 Å². The van der Waals surface area contributed by atoms with Crippen molar-refractivity contribution < 1.29 is 9.53 Å². The molecule has 0 aliphatic heterocycles. The third-order valence-corrected chi connectivity index (χ3v) is 4.26. The molecule has 0 bridgehead atoms. The number of carbonyl (C=O) groups is 1. The number of hydrogen-bond acceptors (Lipinski definition) is 3. The minimum absolute atomic E-state index is 0.0496. The van der Waals surface area contributed by atoms with Crippen LogP contribution in [0.2, 0.25) is 0 Å². The van der Waals surface area contributed by atoms with E-state index in [-0.39, 0.29) is 5.91 Å². The third kappa shape index (κ3) is 2.10. The minimum atomic E-state index is -0.890. The van der Waals surface area contributed by atoms with Crippen molar-refractivity contribution in [2.24, 2.45) is 11.7 Å². The predicted octanol–water partition coefficient (Wildman–Crippen LogP) is 1.32. The number of benzene rings is 1. The average molecular weight is 260 g/mol. The number of nitrogens with two attached hydrogens (primary N) is 1. The molecular weight excluding hydrogens is 240 g/mol. The van der Waals surface area contributed by atoms with Gasteiger partial charge in [0.25, 0.3) is 0 Å². The standard InChI is InChI=1S/C15H20N2O2/c1-19-13-4-2-3-12-11(13)7-8-15(12,16)14(18)17-9-10-5-6-10/h2-4,10H,5-9,16H2,1H3,(H,17,18). The van der Waals surface area contributed by atoms with E-state index in [0.717, 1.165) is 29.8 Å². The summed E-state index contributed by atoms with van der Waals surface area (Å²) in [5, 5.41) is 3.00. The highest BCUT2D eigenvalue weighted by Gasteiger charge is 2.43. The Morgan fingerprint density at radius 3 is 3.00 bits per heavy atom. The number of hydrogen-bond donors (Lipinski definition) is 2. The summed E-state index contributed by atoms with van der Waals surface area (Å²) in [5.41, 5.74) is 7.48. The van der Waals surface area contributed by atoms with Crippen molar-refractivity contribution in [3.63, 3.8) is 0 Å². The molecule has 0 aromatic heterocycles. The van der Waals surface area contributed by atoms with Gasteiger partial charge < -0.3 is 15.8 Å². The van der Waals surface area contributed by atoms with Gasteiger partial charge in [-0.2, -0.15) is 0 Å². The molecule has 4 nitrogen and oxygen atoms in total. The smallest absolute Gasteiger partial charge is 0.244 e. The number of methoxy groups -OCH3 is 1. The maximum Gasteiger partial charge on any atom is 0.244 e. The van der Waals surface area contributed by atoms with E-state index in [1.807, 2.05) is 18.2 Å². The molecule has 1 amide bonds. The molecule has 1 atom stereocenters. The fraction of sp³-hybridized carbons (Fsp3) is 0.533. The lowest BCUT2D eigenvalue weighted by Crippen LogP contribution is -2.50. The van der Waals surface area contributed by atoms with Crippen LogP contribution >= 0.6 is 0 Å². The van der Waals surface area contributed by atoms with E-state index in [1.165, 1.54) is 12.8 Å². The van der Waals surface area contributed by atoms with Crippen LogP contribution in [0.3, 0.4) is 0 Å². The Hall–Kier alpha value is -1.55. The number of rotatable bonds is 4. The van der Waals surface area contributed by atoms with Crippen LogP contribution in [0.4, 0.5) is 0 Å². The highest BCUT2D eigenvalue weighted by Crippen LogP contribution is 2.40. The van der Waals surface area contributed by atoms with Crippen molar-refractivity contribution in [3.8, 4) is 5.75 Å². The molecule has 0 radical (unpaired) electrons. The van der Waals surface area contributed by atoms with Crippen LogP contribution in [-0.2, 0) is 16.8 Å². The van der Waals surface area contributed by atoms with Gasteiger partial charge in [0.15, 0.2) is 0 Å². The Morgan fingerprint density at radius 1 is 1.53 bits per heavy atom. The Labute approximate surface area is 113 Å². The lowest BCUT2D eigenvalue weighted by atomic mass is 9.92. The van der Waals surface area contributed by atoms with Crippen LogP contribution in [0, 0.1) is 5.92 Å². The van der Waals surface area contributed by atoms with Crippen LogP contribution in [0.1, 0.15) is 30.4 Å². The van der Waals surface area contributed by atoms with Crippen molar-refractivity contribution in [3.05, 3.63) is 29.3 Å². The summed E-state index contributed by atoms with van der Waals surface area (Å²) in [6, 6.07) is 5.77. The van der Waals surface area contributed by atoms with Gasteiger partial charge >= 0.3 is 0 Å². The summed E-state index contributed by atoms with van der Waals surface area (Å²) in [6.07, 6.45) is 3.90. The molecule has 1 aromatic rings. The van der Waals surface area contributed by atoms with Crippen molar-refractivity contribution in [2.45, 2.75) is 31.2 Å². The van der Waals surface area contributed by atoms with Crippen molar-refractivity contribution in [1.82, 2.24) is 5.32 Å². The highest BCUT2D eigenvalue weighted by atomic mass is 16.5. The first-order valence-corrected chi connectivity index (χ1v) is 6.88. The second-order valence-electron chi connectivity index (χ2n) is 5.61.